The lowest BCUT2D eigenvalue weighted by atomic mass is 9.66. The molecule has 0 spiro atoms. The van der Waals surface area contributed by atoms with Crippen molar-refractivity contribution >= 4 is 23.2 Å². The van der Waals surface area contributed by atoms with Gasteiger partial charge in [-0.1, -0.05) is 27.2 Å². The van der Waals surface area contributed by atoms with E-state index in [1.807, 2.05) is 0 Å². The minimum Gasteiger partial charge on any atom is -0.481 e. The summed E-state index contributed by atoms with van der Waals surface area (Å²) in [5, 5.41) is 15.1. The molecule has 1 aromatic rings. The number of carboxylic acids is 1. The Bertz CT molecular complexity index is 556. The van der Waals surface area contributed by atoms with Crippen molar-refractivity contribution in [2.75, 3.05) is 6.54 Å². The summed E-state index contributed by atoms with van der Waals surface area (Å²) >= 11 is 1.61. The normalized spacial score (nSPS) is 16.9. The first-order valence-electron chi connectivity index (χ1n) is 7.68. The van der Waals surface area contributed by atoms with E-state index in [1.165, 1.54) is 0 Å². The highest BCUT2D eigenvalue weighted by Gasteiger charge is 2.45. The van der Waals surface area contributed by atoms with Crippen molar-refractivity contribution in [1.29, 1.82) is 0 Å². The Morgan fingerprint density at radius 1 is 1.41 bits per heavy atom. The number of amides is 1. The summed E-state index contributed by atoms with van der Waals surface area (Å²) in [6.45, 7) is 6.87. The SMILES string of the molecule is CC(C)(C)c1csc(CCNC(=O)CC2(C(=O)O)CCC2)n1. The molecule has 0 bridgehead atoms. The van der Waals surface area contributed by atoms with E-state index in [-0.39, 0.29) is 17.7 Å². The minimum atomic E-state index is -0.844. The van der Waals surface area contributed by atoms with Crippen LogP contribution in [0.4, 0.5) is 0 Å². The third kappa shape index (κ3) is 3.85. The second-order valence-electron chi connectivity index (χ2n) is 7.09. The molecule has 1 aliphatic rings. The third-order valence-corrected chi connectivity index (χ3v) is 5.15. The Morgan fingerprint density at radius 2 is 2.09 bits per heavy atom. The van der Waals surface area contributed by atoms with Crippen molar-refractivity contribution in [2.24, 2.45) is 5.41 Å². The molecule has 0 aromatic carbocycles. The van der Waals surface area contributed by atoms with E-state index in [2.05, 4.69) is 36.5 Å². The van der Waals surface area contributed by atoms with Crippen LogP contribution in [-0.4, -0.2) is 28.5 Å². The third-order valence-electron chi connectivity index (χ3n) is 4.24. The lowest BCUT2D eigenvalue weighted by Crippen LogP contribution is -2.42. The Kier molecular flexibility index (Phi) is 4.90. The van der Waals surface area contributed by atoms with Gasteiger partial charge in [-0.25, -0.2) is 4.98 Å². The first-order chi connectivity index (χ1) is 10.2. The number of nitrogens with one attached hydrogen (secondary N) is 1. The molecular weight excluding hydrogens is 300 g/mol. The lowest BCUT2D eigenvalue weighted by Gasteiger charge is -2.36. The van der Waals surface area contributed by atoms with Crippen LogP contribution >= 0.6 is 11.3 Å². The quantitative estimate of drug-likeness (QED) is 0.843. The van der Waals surface area contributed by atoms with Gasteiger partial charge in [0.1, 0.15) is 0 Å². The maximum atomic E-state index is 11.9. The maximum absolute atomic E-state index is 11.9. The van der Waals surface area contributed by atoms with Gasteiger partial charge in [0.15, 0.2) is 0 Å². The predicted octanol–water partition coefficient (Wildman–Crippen LogP) is 2.74. The molecule has 1 amide bonds. The van der Waals surface area contributed by atoms with Gasteiger partial charge in [0.2, 0.25) is 5.91 Å². The second-order valence-corrected chi connectivity index (χ2v) is 8.03. The fourth-order valence-corrected chi connectivity index (χ4v) is 3.54. The second kappa shape index (κ2) is 6.36. The highest BCUT2D eigenvalue weighted by Crippen LogP contribution is 2.44. The number of carbonyl (C=O) groups is 2. The Labute approximate surface area is 135 Å². The van der Waals surface area contributed by atoms with E-state index in [0.717, 1.165) is 17.1 Å². The van der Waals surface area contributed by atoms with Gasteiger partial charge in [-0.3, -0.25) is 9.59 Å². The minimum absolute atomic E-state index is 0.0378. The van der Waals surface area contributed by atoms with Crippen LogP contribution in [0.3, 0.4) is 0 Å². The number of hydrogen-bond donors (Lipinski definition) is 2. The predicted molar refractivity (Wildman–Crippen MR) is 86.1 cm³/mol. The van der Waals surface area contributed by atoms with E-state index < -0.39 is 11.4 Å². The fraction of sp³-hybridized carbons (Fsp3) is 0.688. The van der Waals surface area contributed by atoms with E-state index in [1.54, 1.807) is 11.3 Å². The van der Waals surface area contributed by atoms with E-state index in [9.17, 15) is 14.7 Å². The average Bonchev–Trinajstić information content (AvgIpc) is 2.82. The van der Waals surface area contributed by atoms with Gasteiger partial charge < -0.3 is 10.4 Å². The van der Waals surface area contributed by atoms with Gasteiger partial charge in [-0.15, -0.1) is 11.3 Å². The molecule has 0 aliphatic heterocycles. The van der Waals surface area contributed by atoms with Crippen molar-refractivity contribution in [3.05, 3.63) is 16.1 Å². The van der Waals surface area contributed by atoms with Gasteiger partial charge in [-0.2, -0.15) is 0 Å². The molecule has 0 atom stereocenters. The zero-order valence-electron chi connectivity index (χ0n) is 13.4. The number of thiazole rings is 1. The van der Waals surface area contributed by atoms with Crippen LogP contribution in [0.1, 0.15) is 57.2 Å². The van der Waals surface area contributed by atoms with Crippen LogP contribution in [0.5, 0.6) is 0 Å². The number of carbonyl (C=O) groups excluding carboxylic acids is 1. The molecular formula is C16H24N2O3S. The van der Waals surface area contributed by atoms with Crippen molar-refractivity contribution in [3.63, 3.8) is 0 Å². The number of carboxylic acid groups (broad SMARTS) is 1. The van der Waals surface area contributed by atoms with E-state index in [4.69, 9.17) is 0 Å². The first kappa shape index (κ1) is 16.9. The van der Waals surface area contributed by atoms with Crippen LogP contribution in [0.15, 0.2) is 5.38 Å². The molecule has 1 saturated carbocycles. The summed E-state index contributed by atoms with van der Waals surface area (Å²) in [5.74, 6) is -1.02. The van der Waals surface area contributed by atoms with Crippen molar-refractivity contribution in [3.8, 4) is 0 Å². The fourth-order valence-electron chi connectivity index (χ4n) is 2.52. The number of rotatable bonds is 6. The van der Waals surface area contributed by atoms with Gasteiger partial charge in [-0.05, 0) is 12.8 Å². The monoisotopic (exact) mass is 324 g/mol. The number of hydrogen-bond acceptors (Lipinski definition) is 4. The average molecular weight is 324 g/mol. The van der Waals surface area contributed by atoms with Crippen molar-refractivity contribution in [1.82, 2.24) is 10.3 Å². The molecule has 1 heterocycles. The Morgan fingerprint density at radius 3 is 2.55 bits per heavy atom. The summed E-state index contributed by atoms with van der Waals surface area (Å²) in [7, 11) is 0. The van der Waals surface area contributed by atoms with Crippen LogP contribution in [0.2, 0.25) is 0 Å². The molecule has 0 saturated heterocycles. The molecule has 22 heavy (non-hydrogen) atoms. The molecule has 2 rings (SSSR count). The number of aromatic nitrogens is 1. The molecule has 1 aliphatic carbocycles. The Hall–Kier alpha value is -1.43. The lowest BCUT2D eigenvalue weighted by molar-refractivity contribution is -0.157. The van der Waals surface area contributed by atoms with Gasteiger partial charge in [0.25, 0.3) is 0 Å². The molecule has 0 unspecified atom stereocenters. The van der Waals surface area contributed by atoms with Crippen molar-refractivity contribution in [2.45, 2.75) is 58.3 Å². The zero-order valence-corrected chi connectivity index (χ0v) is 14.3. The highest BCUT2D eigenvalue weighted by molar-refractivity contribution is 7.09. The van der Waals surface area contributed by atoms with Crippen LogP contribution < -0.4 is 5.32 Å². The first-order valence-corrected chi connectivity index (χ1v) is 8.56. The summed E-state index contributed by atoms with van der Waals surface area (Å²) in [5.41, 5.74) is 0.291. The molecule has 1 aromatic heterocycles. The smallest absolute Gasteiger partial charge is 0.310 e. The molecule has 6 heteroatoms. The standard InChI is InChI=1S/C16H24N2O3S/c1-15(2,3)11-10-22-13(18-11)5-8-17-12(19)9-16(14(20)21)6-4-7-16/h10H,4-9H2,1-3H3,(H,17,19)(H,20,21). The molecule has 5 nitrogen and oxygen atoms in total. The van der Waals surface area contributed by atoms with Crippen LogP contribution in [0.25, 0.3) is 0 Å². The maximum Gasteiger partial charge on any atom is 0.310 e. The summed E-state index contributed by atoms with van der Waals surface area (Å²) in [6, 6.07) is 0. The molecule has 122 valence electrons. The van der Waals surface area contributed by atoms with E-state index in [0.29, 0.717) is 25.8 Å². The van der Waals surface area contributed by atoms with Crippen LogP contribution in [-0.2, 0) is 21.4 Å². The topological polar surface area (TPSA) is 79.3 Å². The highest BCUT2D eigenvalue weighted by atomic mass is 32.1. The van der Waals surface area contributed by atoms with Gasteiger partial charge in [0.05, 0.1) is 16.1 Å². The summed E-state index contributed by atoms with van der Waals surface area (Å²) in [6.07, 6.45) is 2.89. The number of nitrogens with zero attached hydrogens (tertiary/aromatic N) is 1. The van der Waals surface area contributed by atoms with Gasteiger partial charge in [0, 0.05) is 30.2 Å². The van der Waals surface area contributed by atoms with Crippen LogP contribution in [0, 0.1) is 5.41 Å². The summed E-state index contributed by atoms with van der Waals surface area (Å²) < 4.78 is 0. The van der Waals surface area contributed by atoms with E-state index >= 15 is 0 Å². The molecule has 0 radical (unpaired) electrons. The van der Waals surface area contributed by atoms with Gasteiger partial charge >= 0.3 is 5.97 Å². The molecule has 1 fully saturated rings. The largest absolute Gasteiger partial charge is 0.481 e. The zero-order chi connectivity index (χ0) is 16.4. The molecule has 2 N–H and O–H groups in total. The summed E-state index contributed by atoms with van der Waals surface area (Å²) in [4.78, 5) is 27.7. The van der Waals surface area contributed by atoms with Crippen molar-refractivity contribution < 1.29 is 14.7 Å². The Balaban J connectivity index is 1.78. The number of aliphatic carboxylic acids is 1.